The van der Waals surface area contributed by atoms with Crippen LogP contribution in [0.25, 0.3) is 0 Å². The highest BCUT2D eigenvalue weighted by Crippen LogP contribution is 2.25. The first-order chi connectivity index (χ1) is 11.1. The van der Waals surface area contributed by atoms with Crippen molar-refractivity contribution in [2.75, 3.05) is 0 Å². The van der Waals surface area contributed by atoms with Crippen LogP contribution in [-0.2, 0) is 22.8 Å². The van der Waals surface area contributed by atoms with Crippen molar-refractivity contribution in [1.82, 2.24) is 0 Å². The Labute approximate surface area is 149 Å². The number of rotatable bonds is 13. The van der Waals surface area contributed by atoms with Gasteiger partial charge in [-0.25, -0.2) is 4.79 Å². The van der Waals surface area contributed by atoms with Crippen LogP contribution in [0.3, 0.4) is 0 Å². The van der Waals surface area contributed by atoms with Crippen LogP contribution in [0.1, 0.15) is 67.7 Å². The second kappa shape index (κ2) is 11.8. The molecule has 0 spiro atoms. The Morgan fingerprint density at radius 1 is 0.917 bits per heavy atom. The predicted molar refractivity (Wildman–Crippen MR) is 98.8 cm³/mol. The summed E-state index contributed by atoms with van der Waals surface area (Å²) in [6.45, 7) is 17.3. The van der Waals surface area contributed by atoms with E-state index in [1.807, 2.05) is 48.5 Å². The van der Waals surface area contributed by atoms with E-state index >= 15 is 0 Å². The Bertz CT molecular complexity index is 342. The van der Waals surface area contributed by atoms with Crippen molar-refractivity contribution in [2.45, 2.75) is 98.2 Å². The molecule has 0 saturated carbocycles. The van der Waals surface area contributed by atoms with Crippen molar-refractivity contribution < 1.29 is 22.8 Å². The van der Waals surface area contributed by atoms with Crippen LogP contribution in [0, 0.1) is 0 Å². The van der Waals surface area contributed by atoms with E-state index in [1.54, 1.807) is 0 Å². The molecule has 6 heteroatoms. The highest BCUT2D eigenvalue weighted by Gasteiger charge is 2.43. The van der Waals surface area contributed by atoms with Gasteiger partial charge in [0.1, 0.15) is 0 Å². The molecule has 24 heavy (non-hydrogen) atoms. The van der Waals surface area contributed by atoms with Gasteiger partial charge in [-0.3, -0.25) is 0 Å². The Balaban J connectivity index is 4.62. The standard InChI is InChI=1S/C18H36O5Si/c1-9-18(19)20-17(8)12-10-11-13-24(21-14(2)3,22-15(4)5)23-16(6)7/h9,14-17H,1,10-13H2,2-8H3. The van der Waals surface area contributed by atoms with Gasteiger partial charge in [-0.2, -0.15) is 0 Å². The second-order valence-corrected chi connectivity index (χ2v) is 9.45. The number of unbranched alkanes of at least 4 members (excludes halogenated alkanes) is 1. The molecule has 0 fully saturated rings. The van der Waals surface area contributed by atoms with Crippen molar-refractivity contribution in [3.63, 3.8) is 0 Å². The first kappa shape index (κ1) is 23.3. The van der Waals surface area contributed by atoms with Gasteiger partial charge in [0.2, 0.25) is 0 Å². The van der Waals surface area contributed by atoms with Crippen LogP contribution in [0.15, 0.2) is 12.7 Å². The fourth-order valence-corrected chi connectivity index (χ4v) is 5.77. The molecule has 5 nitrogen and oxygen atoms in total. The average Bonchev–Trinajstić information content (AvgIpc) is 2.41. The largest absolute Gasteiger partial charge is 0.501 e. The van der Waals surface area contributed by atoms with Crippen LogP contribution >= 0.6 is 0 Å². The first-order valence-electron chi connectivity index (χ1n) is 8.96. The molecule has 1 atom stereocenters. The third-order valence-corrected chi connectivity index (χ3v) is 6.53. The van der Waals surface area contributed by atoms with E-state index in [4.69, 9.17) is 18.0 Å². The van der Waals surface area contributed by atoms with Gasteiger partial charge in [0, 0.05) is 30.4 Å². The summed E-state index contributed by atoms with van der Waals surface area (Å²) in [5.41, 5.74) is 0. The van der Waals surface area contributed by atoms with Crippen molar-refractivity contribution in [3.05, 3.63) is 12.7 Å². The normalized spacial score (nSPS) is 13.6. The maximum Gasteiger partial charge on any atom is 0.501 e. The molecule has 0 aliphatic carbocycles. The summed E-state index contributed by atoms with van der Waals surface area (Å²) in [4.78, 5) is 11.2. The van der Waals surface area contributed by atoms with Gasteiger partial charge in [-0.1, -0.05) is 6.58 Å². The molecular formula is C18H36O5Si. The smallest absolute Gasteiger partial charge is 0.460 e. The molecule has 0 aliphatic heterocycles. The van der Waals surface area contributed by atoms with Gasteiger partial charge in [0.05, 0.1) is 6.10 Å². The second-order valence-electron chi connectivity index (χ2n) is 6.88. The van der Waals surface area contributed by atoms with E-state index in [0.29, 0.717) is 0 Å². The van der Waals surface area contributed by atoms with Gasteiger partial charge in [0.15, 0.2) is 0 Å². The fourth-order valence-electron chi connectivity index (χ4n) is 2.42. The fraction of sp³-hybridized carbons (Fsp3) is 0.833. The Morgan fingerprint density at radius 2 is 1.38 bits per heavy atom. The SMILES string of the molecule is C=CC(=O)OC(C)CCCC[Si](OC(C)C)(OC(C)C)OC(C)C. The molecular weight excluding hydrogens is 324 g/mol. The summed E-state index contributed by atoms with van der Waals surface area (Å²) in [6, 6.07) is 0.768. The minimum Gasteiger partial charge on any atom is -0.460 e. The lowest BCUT2D eigenvalue weighted by Crippen LogP contribution is -2.50. The van der Waals surface area contributed by atoms with Crippen molar-refractivity contribution in [2.24, 2.45) is 0 Å². The van der Waals surface area contributed by atoms with Crippen molar-refractivity contribution in [1.29, 1.82) is 0 Å². The summed E-state index contributed by atoms with van der Waals surface area (Å²) < 4.78 is 23.6. The van der Waals surface area contributed by atoms with Gasteiger partial charge >= 0.3 is 14.8 Å². The number of hydrogen-bond acceptors (Lipinski definition) is 5. The first-order valence-corrected chi connectivity index (χ1v) is 10.9. The summed E-state index contributed by atoms with van der Waals surface area (Å²) >= 11 is 0. The van der Waals surface area contributed by atoms with Crippen LogP contribution < -0.4 is 0 Å². The minimum atomic E-state index is -2.72. The molecule has 0 radical (unpaired) electrons. The van der Waals surface area contributed by atoms with Gasteiger partial charge in [-0.15, -0.1) is 0 Å². The van der Waals surface area contributed by atoms with Crippen LogP contribution in [0.4, 0.5) is 0 Å². The molecule has 0 saturated heterocycles. The number of hydrogen-bond donors (Lipinski definition) is 0. The van der Waals surface area contributed by atoms with Gasteiger partial charge in [-0.05, 0) is 67.7 Å². The van der Waals surface area contributed by atoms with E-state index in [2.05, 4.69) is 6.58 Å². The summed E-state index contributed by atoms with van der Waals surface area (Å²) in [5.74, 6) is -0.374. The molecule has 142 valence electrons. The van der Waals surface area contributed by atoms with E-state index in [-0.39, 0.29) is 30.4 Å². The summed E-state index contributed by atoms with van der Waals surface area (Å²) in [5, 5.41) is 0. The lowest BCUT2D eigenvalue weighted by molar-refractivity contribution is -0.142. The highest BCUT2D eigenvalue weighted by molar-refractivity contribution is 6.60. The van der Waals surface area contributed by atoms with E-state index in [9.17, 15) is 4.79 Å². The average molecular weight is 361 g/mol. The molecule has 0 aromatic rings. The van der Waals surface area contributed by atoms with Crippen LogP contribution in [-0.4, -0.2) is 39.2 Å². The Kier molecular flexibility index (Phi) is 11.5. The lowest BCUT2D eigenvalue weighted by Gasteiger charge is -2.34. The van der Waals surface area contributed by atoms with E-state index < -0.39 is 8.80 Å². The van der Waals surface area contributed by atoms with Gasteiger partial charge in [0.25, 0.3) is 0 Å². The molecule has 0 rings (SSSR count). The van der Waals surface area contributed by atoms with Crippen LogP contribution in [0.5, 0.6) is 0 Å². The summed E-state index contributed by atoms with van der Waals surface area (Å²) in [7, 11) is -2.72. The predicted octanol–water partition coefficient (Wildman–Crippen LogP) is 4.49. The number of carbonyl (C=O) groups is 1. The molecule has 0 bridgehead atoms. The molecule has 0 aromatic heterocycles. The zero-order valence-corrected chi connectivity index (χ0v) is 17.5. The number of esters is 1. The molecule has 0 amide bonds. The molecule has 0 aliphatic rings. The Morgan fingerprint density at radius 3 is 1.75 bits per heavy atom. The minimum absolute atomic E-state index is 0.0571. The highest BCUT2D eigenvalue weighted by atomic mass is 28.4. The molecule has 0 N–H and O–H groups in total. The third kappa shape index (κ3) is 11.0. The number of carbonyl (C=O) groups excluding carboxylic acids is 1. The lowest BCUT2D eigenvalue weighted by atomic mass is 10.2. The monoisotopic (exact) mass is 360 g/mol. The molecule has 0 aromatic carbocycles. The van der Waals surface area contributed by atoms with Crippen molar-refractivity contribution in [3.8, 4) is 0 Å². The number of ether oxygens (including phenoxy) is 1. The maximum atomic E-state index is 11.2. The zero-order chi connectivity index (χ0) is 18.8. The molecule has 0 heterocycles. The Hall–Kier alpha value is -0.693. The summed E-state index contributed by atoms with van der Waals surface area (Å²) in [6.07, 6.45) is 3.88. The van der Waals surface area contributed by atoms with Gasteiger partial charge < -0.3 is 18.0 Å². The topological polar surface area (TPSA) is 54.0 Å². The van der Waals surface area contributed by atoms with Crippen LogP contribution in [0.2, 0.25) is 6.04 Å². The third-order valence-electron chi connectivity index (χ3n) is 3.07. The maximum absolute atomic E-state index is 11.2. The molecule has 1 unspecified atom stereocenters. The van der Waals surface area contributed by atoms with E-state index in [1.165, 1.54) is 6.08 Å². The quantitative estimate of drug-likeness (QED) is 0.210. The van der Waals surface area contributed by atoms with Crippen molar-refractivity contribution >= 4 is 14.8 Å². The zero-order valence-electron chi connectivity index (χ0n) is 16.5. The van der Waals surface area contributed by atoms with E-state index in [0.717, 1.165) is 25.3 Å².